The minimum absolute atomic E-state index is 0. The molecule has 0 aromatic heterocycles. The van der Waals surface area contributed by atoms with Gasteiger partial charge in [0, 0.05) is 32.7 Å². The van der Waals surface area contributed by atoms with Gasteiger partial charge in [-0.15, -0.1) is 0 Å². The van der Waals surface area contributed by atoms with Crippen molar-refractivity contribution in [1.29, 1.82) is 0 Å². The summed E-state index contributed by atoms with van der Waals surface area (Å²) in [5, 5.41) is 0. The van der Waals surface area contributed by atoms with Crippen LogP contribution in [-0.4, -0.2) is 25.3 Å². The van der Waals surface area contributed by atoms with Gasteiger partial charge in [0.15, 0.2) is 0 Å². The fraction of sp³-hybridized carbons (Fsp3) is 0.750. The molecule has 1 aliphatic heterocycles. The third kappa shape index (κ3) is 1.60. The first-order chi connectivity index (χ1) is 5.37. The molecule has 12 heavy (non-hydrogen) atoms. The SMILES string of the molecule is O=C[C-]1CCCC12OCCO2.[Y]. The molecule has 0 atom stereocenters. The summed E-state index contributed by atoms with van der Waals surface area (Å²) in [4.78, 5) is 10.6. The van der Waals surface area contributed by atoms with Gasteiger partial charge in [0.05, 0.1) is 19.0 Å². The Bertz CT molecular complexity index is 160. The van der Waals surface area contributed by atoms with Gasteiger partial charge in [-0.3, -0.25) is 5.92 Å². The fourth-order valence-electron chi connectivity index (χ4n) is 1.80. The summed E-state index contributed by atoms with van der Waals surface area (Å²) in [6.45, 7) is 1.24. The molecule has 0 N–H and O–H groups in total. The van der Waals surface area contributed by atoms with Crippen LogP contribution in [0.1, 0.15) is 19.3 Å². The number of carbonyl (C=O) groups excluding carboxylic acids is 1. The molecule has 0 amide bonds. The molecule has 0 aromatic carbocycles. The average Bonchev–Trinajstić information content (AvgIpc) is 2.62. The molecule has 1 saturated carbocycles. The van der Waals surface area contributed by atoms with Crippen LogP contribution in [0.5, 0.6) is 0 Å². The number of hydrogen-bond acceptors (Lipinski definition) is 3. The molecule has 0 bridgehead atoms. The summed E-state index contributed by atoms with van der Waals surface area (Å²) in [6.07, 6.45) is 3.58. The summed E-state index contributed by atoms with van der Waals surface area (Å²) in [5.41, 5.74) is 0. The van der Waals surface area contributed by atoms with E-state index in [0.29, 0.717) is 13.2 Å². The summed E-state index contributed by atoms with van der Waals surface area (Å²) < 4.78 is 10.8. The Labute approximate surface area is 97.1 Å². The van der Waals surface area contributed by atoms with Crippen LogP contribution in [0.25, 0.3) is 0 Å². The van der Waals surface area contributed by atoms with Gasteiger partial charge in [0.1, 0.15) is 0 Å². The van der Waals surface area contributed by atoms with Crippen LogP contribution < -0.4 is 0 Å². The largest absolute Gasteiger partial charge is 0.375 e. The molecular weight excluding hydrogens is 233 g/mol. The van der Waals surface area contributed by atoms with Crippen molar-refractivity contribution >= 4 is 6.29 Å². The molecule has 3 nitrogen and oxygen atoms in total. The van der Waals surface area contributed by atoms with E-state index in [0.717, 1.165) is 31.5 Å². The smallest absolute Gasteiger partial charge is 0.0705 e. The van der Waals surface area contributed by atoms with E-state index in [9.17, 15) is 4.79 Å². The van der Waals surface area contributed by atoms with E-state index >= 15 is 0 Å². The number of hydrogen-bond donors (Lipinski definition) is 0. The molecule has 1 spiro atoms. The van der Waals surface area contributed by atoms with Gasteiger partial charge in [-0.05, 0) is 12.7 Å². The minimum Gasteiger partial charge on any atom is -0.375 e. The van der Waals surface area contributed by atoms with Gasteiger partial charge in [0.25, 0.3) is 0 Å². The fourth-order valence-corrected chi connectivity index (χ4v) is 1.80. The van der Waals surface area contributed by atoms with Crippen LogP contribution in [0.3, 0.4) is 0 Å². The summed E-state index contributed by atoms with van der Waals surface area (Å²) in [7, 11) is 0. The number of carbonyl (C=O) groups is 1. The summed E-state index contributed by atoms with van der Waals surface area (Å²) >= 11 is 0. The van der Waals surface area contributed by atoms with Crippen molar-refractivity contribution in [2.24, 2.45) is 0 Å². The summed E-state index contributed by atoms with van der Waals surface area (Å²) in [5.74, 6) is 0.192. The second-order valence-electron chi connectivity index (χ2n) is 2.95. The maximum Gasteiger partial charge on any atom is 0.0705 e. The summed E-state index contributed by atoms with van der Waals surface area (Å²) in [6, 6.07) is 0. The first kappa shape index (κ1) is 10.6. The number of ether oxygens (including phenoxy) is 2. The standard InChI is InChI=1S/C8H11O3.Y/c9-6-7-2-1-3-8(7)10-4-5-11-8;/h6H,1-5H2;/q-1;. The Kier molecular flexibility index (Phi) is 3.71. The molecule has 2 aliphatic rings. The Morgan fingerprint density at radius 2 is 2.00 bits per heavy atom. The topological polar surface area (TPSA) is 35.5 Å². The van der Waals surface area contributed by atoms with Crippen molar-refractivity contribution < 1.29 is 47.0 Å². The molecular formula is C8H11O3Y-. The number of rotatable bonds is 1. The van der Waals surface area contributed by atoms with Gasteiger partial charge in [-0.2, -0.15) is 6.42 Å². The normalized spacial score (nSPS) is 25.8. The minimum atomic E-state index is -0.595. The molecule has 0 unspecified atom stereocenters. The van der Waals surface area contributed by atoms with E-state index in [4.69, 9.17) is 9.47 Å². The molecule has 2 rings (SSSR count). The monoisotopic (exact) mass is 244 g/mol. The van der Waals surface area contributed by atoms with Crippen molar-refractivity contribution in [3.8, 4) is 0 Å². The first-order valence-electron chi connectivity index (χ1n) is 3.97. The van der Waals surface area contributed by atoms with Crippen LogP contribution in [0.4, 0.5) is 0 Å². The van der Waals surface area contributed by atoms with E-state index in [-0.39, 0.29) is 32.7 Å². The Morgan fingerprint density at radius 1 is 1.33 bits per heavy atom. The molecule has 1 radical (unpaired) electrons. The van der Waals surface area contributed by atoms with E-state index < -0.39 is 5.79 Å². The van der Waals surface area contributed by atoms with Crippen molar-refractivity contribution in [1.82, 2.24) is 0 Å². The molecule has 0 aromatic rings. The predicted octanol–water partition coefficient (Wildman–Crippen LogP) is 0.684. The van der Waals surface area contributed by atoms with Gasteiger partial charge >= 0.3 is 0 Å². The third-order valence-electron chi connectivity index (χ3n) is 2.34. The third-order valence-corrected chi connectivity index (χ3v) is 2.34. The van der Waals surface area contributed by atoms with Crippen molar-refractivity contribution in [3.05, 3.63) is 5.92 Å². The Morgan fingerprint density at radius 3 is 2.58 bits per heavy atom. The molecule has 2 fully saturated rings. The zero-order valence-corrected chi connectivity index (χ0v) is 9.75. The average molecular weight is 244 g/mol. The maximum atomic E-state index is 10.6. The van der Waals surface area contributed by atoms with Crippen molar-refractivity contribution in [2.45, 2.75) is 25.0 Å². The zero-order chi connectivity index (χ0) is 7.73. The molecule has 1 aliphatic carbocycles. The van der Waals surface area contributed by atoms with Crippen LogP contribution in [0, 0.1) is 5.92 Å². The van der Waals surface area contributed by atoms with Gasteiger partial charge in [0.2, 0.25) is 0 Å². The van der Waals surface area contributed by atoms with E-state index in [2.05, 4.69) is 0 Å². The van der Waals surface area contributed by atoms with Crippen LogP contribution in [0.2, 0.25) is 0 Å². The van der Waals surface area contributed by atoms with E-state index in [1.54, 1.807) is 0 Å². The quantitative estimate of drug-likeness (QED) is 0.502. The predicted molar refractivity (Wildman–Crippen MR) is 37.8 cm³/mol. The van der Waals surface area contributed by atoms with E-state index in [1.807, 2.05) is 0 Å². The van der Waals surface area contributed by atoms with Crippen LogP contribution >= 0.6 is 0 Å². The second kappa shape index (κ2) is 4.18. The Balaban J connectivity index is 0.000000720. The van der Waals surface area contributed by atoms with Gasteiger partial charge < -0.3 is 14.3 Å². The Hall–Kier alpha value is 0.564. The van der Waals surface area contributed by atoms with Crippen molar-refractivity contribution in [2.75, 3.05) is 13.2 Å². The van der Waals surface area contributed by atoms with E-state index in [1.165, 1.54) is 0 Å². The molecule has 1 saturated heterocycles. The van der Waals surface area contributed by atoms with Gasteiger partial charge in [-0.25, -0.2) is 0 Å². The molecule has 4 heteroatoms. The molecule has 65 valence electrons. The van der Waals surface area contributed by atoms with Crippen molar-refractivity contribution in [3.63, 3.8) is 0 Å². The van der Waals surface area contributed by atoms with Crippen LogP contribution in [0.15, 0.2) is 0 Å². The molecule has 1 heterocycles. The zero-order valence-electron chi connectivity index (χ0n) is 6.91. The van der Waals surface area contributed by atoms with Gasteiger partial charge in [-0.1, -0.05) is 6.42 Å². The second-order valence-corrected chi connectivity index (χ2v) is 2.95. The maximum absolute atomic E-state index is 10.6. The van der Waals surface area contributed by atoms with Crippen LogP contribution in [-0.2, 0) is 47.0 Å². The first-order valence-corrected chi connectivity index (χ1v) is 3.97. The number of aldehydes is 1.